The van der Waals surface area contributed by atoms with Crippen LogP contribution in [0.5, 0.6) is 0 Å². The minimum Gasteiger partial charge on any atom is -0.480 e. The van der Waals surface area contributed by atoms with Crippen LogP contribution in [0.3, 0.4) is 0 Å². The molecule has 0 fully saturated rings. The average molecular weight is 296 g/mol. The Labute approximate surface area is 122 Å². The van der Waals surface area contributed by atoms with Crippen molar-refractivity contribution >= 4 is 29.3 Å². The van der Waals surface area contributed by atoms with Crippen molar-refractivity contribution in [2.24, 2.45) is 5.73 Å². The van der Waals surface area contributed by atoms with E-state index < -0.39 is 16.8 Å². The summed E-state index contributed by atoms with van der Waals surface area (Å²) in [6.45, 7) is 5.41. The maximum atomic E-state index is 11.8. The summed E-state index contributed by atoms with van der Waals surface area (Å²) in [5, 5.41) is 11.7. The van der Waals surface area contributed by atoms with Crippen LogP contribution in [0.15, 0.2) is 24.3 Å². The van der Waals surface area contributed by atoms with Gasteiger partial charge in [0.05, 0.1) is 5.75 Å². The zero-order valence-corrected chi connectivity index (χ0v) is 12.7. The van der Waals surface area contributed by atoms with Crippen LogP contribution in [-0.4, -0.2) is 33.5 Å². The smallest absolute Gasteiger partial charge is 0.321 e. The van der Waals surface area contributed by atoms with Gasteiger partial charge in [0.15, 0.2) is 0 Å². The Bertz CT molecular complexity index is 486. The molecule has 5 nitrogen and oxygen atoms in total. The number of hydrogen-bond acceptors (Lipinski definition) is 4. The fourth-order valence-corrected chi connectivity index (χ4v) is 2.33. The summed E-state index contributed by atoms with van der Waals surface area (Å²) < 4.78 is -0.712. The molecule has 0 heterocycles. The number of aliphatic carboxylic acids is 1. The van der Waals surface area contributed by atoms with Crippen LogP contribution >= 0.6 is 11.8 Å². The Morgan fingerprint density at radius 2 is 1.90 bits per heavy atom. The van der Waals surface area contributed by atoms with Gasteiger partial charge < -0.3 is 16.2 Å². The van der Waals surface area contributed by atoms with Crippen LogP contribution < -0.4 is 11.1 Å². The molecule has 20 heavy (non-hydrogen) atoms. The van der Waals surface area contributed by atoms with Crippen LogP contribution in [0.2, 0.25) is 0 Å². The molecule has 0 saturated carbocycles. The van der Waals surface area contributed by atoms with Crippen molar-refractivity contribution in [3.05, 3.63) is 29.8 Å². The molecule has 0 spiro atoms. The molecular formula is C14H20N2O3S. The van der Waals surface area contributed by atoms with Crippen molar-refractivity contribution < 1.29 is 14.7 Å². The van der Waals surface area contributed by atoms with Crippen molar-refractivity contribution in [1.82, 2.24) is 0 Å². The molecule has 1 amide bonds. The molecule has 0 saturated heterocycles. The Hall–Kier alpha value is -1.53. The molecule has 1 aromatic carbocycles. The maximum Gasteiger partial charge on any atom is 0.321 e. The molecule has 1 atom stereocenters. The van der Waals surface area contributed by atoms with E-state index in [9.17, 15) is 9.59 Å². The van der Waals surface area contributed by atoms with E-state index in [4.69, 9.17) is 10.8 Å². The summed E-state index contributed by atoms with van der Waals surface area (Å²) >= 11 is 1.23. The van der Waals surface area contributed by atoms with E-state index in [0.717, 1.165) is 11.3 Å². The molecule has 0 aliphatic heterocycles. The number of benzene rings is 1. The number of carbonyl (C=O) groups excluding carboxylic acids is 1. The molecule has 0 aromatic heterocycles. The number of nitrogens with two attached hydrogens (primary N) is 1. The van der Waals surface area contributed by atoms with Crippen molar-refractivity contribution in [2.75, 3.05) is 11.1 Å². The summed E-state index contributed by atoms with van der Waals surface area (Å²) in [6.07, 6.45) is 0. The fraction of sp³-hybridized carbons (Fsp3) is 0.429. The number of hydrogen-bond donors (Lipinski definition) is 3. The Morgan fingerprint density at radius 1 is 1.35 bits per heavy atom. The Morgan fingerprint density at radius 3 is 2.40 bits per heavy atom. The van der Waals surface area contributed by atoms with Gasteiger partial charge in [-0.3, -0.25) is 9.59 Å². The predicted octanol–water partition coefficient (Wildman–Crippen LogP) is 1.86. The molecule has 0 aliphatic rings. The van der Waals surface area contributed by atoms with Crippen LogP contribution in [0.4, 0.5) is 5.69 Å². The van der Waals surface area contributed by atoms with Crippen molar-refractivity contribution in [1.29, 1.82) is 0 Å². The van der Waals surface area contributed by atoms with E-state index in [-0.39, 0.29) is 11.7 Å². The van der Waals surface area contributed by atoms with E-state index in [1.165, 1.54) is 11.8 Å². The lowest BCUT2D eigenvalue weighted by molar-refractivity contribution is -0.139. The van der Waals surface area contributed by atoms with Gasteiger partial charge in [-0.1, -0.05) is 17.7 Å². The van der Waals surface area contributed by atoms with E-state index in [1.54, 1.807) is 13.8 Å². The number of anilines is 1. The first-order valence-electron chi connectivity index (χ1n) is 6.21. The van der Waals surface area contributed by atoms with Gasteiger partial charge in [0.25, 0.3) is 0 Å². The lowest BCUT2D eigenvalue weighted by Gasteiger charge is -2.27. The number of carbonyl (C=O) groups is 2. The van der Waals surface area contributed by atoms with Crippen LogP contribution in [0, 0.1) is 6.92 Å². The van der Waals surface area contributed by atoms with Gasteiger partial charge in [0.2, 0.25) is 5.91 Å². The molecule has 1 aromatic rings. The summed E-state index contributed by atoms with van der Waals surface area (Å²) in [6, 6.07) is 6.46. The molecular weight excluding hydrogens is 276 g/mol. The van der Waals surface area contributed by atoms with Crippen LogP contribution in [0.25, 0.3) is 0 Å². The van der Waals surface area contributed by atoms with Gasteiger partial charge in [-0.15, -0.1) is 11.8 Å². The minimum absolute atomic E-state index is 0.155. The summed E-state index contributed by atoms with van der Waals surface area (Å²) in [7, 11) is 0. The number of amides is 1. The molecule has 0 aliphatic carbocycles. The normalized spacial score (nSPS) is 12.8. The standard InChI is InChI=1S/C14H20N2O3S/c1-9-4-6-10(7-5-9)16-11(17)8-20-14(2,3)12(15)13(18)19/h4-7,12H,8,15H2,1-3H3,(H,16,17)(H,18,19). The van der Waals surface area contributed by atoms with Gasteiger partial charge >= 0.3 is 5.97 Å². The van der Waals surface area contributed by atoms with E-state index in [2.05, 4.69) is 5.32 Å². The summed E-state index contributed by atoms with van der Waals surface area (Å²) in [5.41, 5.74) is 7.44. The van der Waals surface area contributed by atoms with Crippen molar-refractivity contribution in [3.8, 4) is 0 Å². The predicted molar refractivity (Wildman–Crippen MR) is 82.0 cm³/mol. The second kappa shape index (κ2) is 6.76. The highest BCUT2D eigenvalue weighted by Crippen LogP contribution is 2.27. The lowest BCUT2D eigenvalue weighted by atomic mass is 10.1. The molecule has 1 unspecified atom stereocenters. The minimum atomic E-state index is -1.07. The average Bonchev–Trinajstić information content (AvgIpc) is 2.38. The maximum absolute atomic E-state index is 11.8. The molecule has 1 rings (SSSR count). The van der Waals surface area contributed by atoms with Gasteiger partial charge in [-0.25, -0.2) is 0 Å². The van der Waals surface area contributed by atoms with E-state index in [0.29, 0.717) is 0 Å². The van der Waals surface area contributed by atoms with Gasteiger partial charge in [0.1, 0.15) is 6.04 Å². The Balaban J connectivity index is 2.51. The second-order valence-corrected chi connectivity index (χ2v) is 6.75. The van der Waals surface area contributed by atoms with Crippen molar-refractivity contribution in [3.63, 3.8) is 0 Å². The zero-order chi connectivity index (χ0) is 15.3. The van der Waals surface area contributed by atoms with Crippen LogP contribution in [0.1, 0.15) is 19.4 Å². The van der Waals surface area contributed by atoms with Crippen molar-refractivity contribution in [2.45, 2.75) is 31.6 Å². The lowest BCUT2D eigenvalue weighted by Crippen LogP contribution is -2.47. The summed E-state index contributed by atoms with van der Waals surface area (Å²) in [4.78, 5) is 22.7. The third kappa shape index (κ3) is 4.86. The number of rotatable bonds is 6. The highest BCUT2D eigenvalue weighted by molar-refractivity contribution is 8.01. The number of thioether (sulfide) groups is 1. The quantitative estimate of drug-likeness (QED) is 0.745. The molecule has 0 radical (unpaired) electrons. The first-order valence-corrected chi connectivity index (χ1v) is 7.20. The number of nitrogens with one attached hydrogen (secondary N) is 1. The molecule has 0 bridgehead atoms. The van der Waals surface area contributed by atoms with Gasteiger partial charge in [0, 0.05) is 10.4 Å². The highest BCUT2D eigenvalue weighted by Gasteiger charge is 2.33. The molecule has 4 N–H and O–H groups in total. The third-order valence-corrected chi connectivity index (χ3v) is 4.33. The third-order valence-electron chi connectivity index (χ3n) is 2.93. The van der Waals surface area contributed by atoms with E-state index in [1.807, 2.05) is 31.2 Å². The van der Waals surface area contributed by atoms with Gasteiger partial charge in [-0.05, 0) is 32.9 Å². The molecule has 6 heteroatoms. The SMILES string of the molecule is Cc1ccc(NC(=O)CSC(C)(C)C(N)C(=O)O)cc1. The summed E-state index contributed by atoms with van der Waals surface area (Å²) in [5.74, 6) is -1.09. The topological polar surface area (TPSA) is 92.4 Å². The van der Waals surface area contributed by atoms with E-state index >= 15 is 0 Å². The fourth-order valence-electron chi connectivity index (χ4n) is 1.47. The number of carboxylic acid groups (broad SMARTS) is 1. The first-order chi connectivity index (χ1) is 9.22. The molecule has 110 valence electrons. The largest absolute Gasteiger partial charge is 0.480 e. The number of carboxylic acids is 1. The monoisotopic (exact) mass is 296 g/mol. The Kier molecular flexibility index (Phi) is 5.59. The van der Waals surface area contributed by atoms with Gasteiger partial charge in [-0.2, -0.15) is 0 Å². The zero-order valence-electron chi connectivity index (χ0n) is 11.8. The number of aryl methyl sites for hydroxylation is 1. The second-order valence-electron chi connectivity index (χ2n) is 5.12. The van der Waals surface area contributed by atoms with Crippen LogP contribution in [-0.2, 0) is 9.59 Å². The highest BCUT2D eigenvalue weighted by atomic mass is 32.2. The first kappa shape index (κ1) is 16.5.